The first kappa shape index (κ1) is 15.5. The summed E-state index contributed by atoms with van der Waals surface area (Å²) in [5.41, 5.74) is 5.78. The Bertz CT molecular complexity index is 693. The van der Waals surface area contributed by atoms with Crippen LogP contribution in [-0.4, -0.2) is 38.2 Å². The molecule has 0 aliphatic carbocycles. The van der Waals surface area contributed by atoms with Crippen molar-refractivity contribution < 1.29 is 4.74 Å². The van der Waals surface area contributed by atoms with E-state index in [1.807, 2.05) is 12.1 Å². The Morgan fingerprint density at radius 3 is 2.54 bits per heavy atom. The minimum absolute atomic E-state index is 0.921. The number of nitrogens with zero attached hydrogens (tertiary/aromatic N) is 2. The first-order valence-electron chi connectivity index (χ1n) is 8.75. The molecule has 4 nitrogen and oxygen atoms in total. The van der Waals surface area contributed by atoms with Crippen molar-refractivity contribution in [2.75, 3.05) is 38.2 Å². The molecule has 2 aliphatic rings. The van der Waals surface area contributed by atoms with Crippen LogP contribution in [0, 0.1) is 0 Å². The number of ether oxygens (including phenoxy) is 1. The molecule has 1 saturated heterocycles. The van der Waals surface area contributed by atoms with Crippen LogP contribution in [0.5, 0.6) is 5.75 Å². The van der Waals surface area contributed by atoms with Gasteiger partial charge in [-0.25, -0.2) is 0 Å². The van der Waals surface area contributed by atoms with E-state index in [9.17, 15) is 0 Å². The number of hydrogen-bond donors (Lipinski definition) is 1. The molecule has 126 valence electrons. The molecule has 0 radical (unpaired) electrons. The number of fused-ring (bicyclic) bond motifs is 1. The number of nitrogens with one attached hydrogen (secondary N) is 1. The van der Waals surface area contributed by atoms with Gasteiger partial charge >= 0.3 is 0 Å². The average molecular weight is 323 g/mol. The Labute approximate surface area is 144 Å². The standard InChI is InChI=1S/C20H25N3O/c1-24-18-7-5-16(6-8-18)13-22-14-17-3-2-4-20(19(17)15-22)23-11-9-21-10-12-23/h2-8,21H,9-15H2,1H3. The molecular formula is C20H25N3O. The summed E-state index contributed by atoms with van der Waals surface area (Å²) in [6, 6.07) is 15.2. The molecule has 24 heavy (non-hydrogen) atoms. The van der Waals surface area contributed by atoms with Crippen molar-refractivity contribution in [3.8, 4) is 5.75 Å². The van der Waals surface area contributed by atoms with Gasteiger partial charge in [-0.2, -0.15) is 0 Å². The van der Waals surface area contributed by atoms with E-state index < -0.39 is 0 Å². The van der Waals surface area contributed by atoms with Crippen molar-refractivity contribution in [2.24, 2.45) is 0 Å². The molecule has 1 fully saturated rings. The maximum absolute atomic E-state index is 5.25. The molecule has 0 bridgehead atoms. The number of benzene rings is 2. The van der Waals surface area contributed by atoms with Crippen molar-refractivity contribution in [2.45, 2.75) is 19.6 Å². The second kappa shape index (κ2) is 6.83. The van der Waals surface area contributed by atoms with Crippen molar-refractivity contribution in [1.82, 2.24) is 10.2 Å². The molecule has 2 aliphatic heterocycles. The zero-order valence-electron chi connectivity index (χ0n) is 14.3. The smallest absolute Gasteiger partial charge is 0.118 e. The Kier molecular flexibility index (Phi) is 4.41. The van der Waals surface area contributed by atoms with Crippen LogP contribution in [0.1, 0.15) is 16.7 Å². The quantitative estimate of drug-likeness (QED) is 0.936. The lowest BCUT2D eigenvalue weighted by atomic mass is 10.1. The van der Waals surface area contributed by atoms with Crippen LogP contribution >= 0.6 is 0 Å². The maximum atomic E-state index is 5.25. The Morgan fingerprint density at radius 1 is 1.00 bits per heavy atom. The number of methoxy groups -OCH3 is 1. The highest BCUT2D eigenvalue weighted by atomic mass is 16.5. The number of rotatable bonds is 4. The van der Waals surface area contributed by atoms with Crippen LogP contribution in [-0.2, 0) is 19.6 Å². The minimum Gasteiger partial charge on any atom is -0.497 e. The van der Waals surface area contributed by atoms with Gasteiger partial charge in [0.1, 0.15) is 5.75 Å². The predicted octanol–water partition coefficient (Wildman–Crippen LogP) is 2.62. The third-order valence-corrected chi connectivity index (χ3v) is 5.05. The van der Waals surface area contributed by atoms with Gasteiger partial charge in [-0.1, -0.05) is 24.3 Å². The maximum Gasteiger partial charge on any atom is 0.118 e. The van der Waals surface area contributed by atoms with E-state index in [1.54, 1.807) is 7.11 Å². The van der Waals surface area contributed by atoms with E-state index >= 15 is 0 Å². The lowest BCUT2D eigenvalue weighted by Gasteiger charge is -2.31. The van der Waals surface area contributed by atoms with E-state index in [4.69, 9.17) is 4.74 Å². The fourth-order valence-electron chi connectivity index (χ4n) is 3.78. The Morgan fingerprint density at radius 2 is 1.79 bits per heavy atom. The van der Waals surface area contributed by atoms with Crippen molar-refractivity contribution in [3.05, 3.63) is 59.2 Å². The monoisotopic (exact) mass is 323 g/mol. The van der Waals surface area contributed by atoms with Crippen LogP contribution in [0.3, 0.4) is 0 Å². The SMILES string of the molecule is COc1ccc(CN2Cc3cccc(N4CCNCC4)c3C2)cc1. The van der Waals surface area contributed by atoms with Crippen molar-refractivity contribution in [1.29, 1.82) is 0 Å². The summed E-state index contributed by atoms with van der Waals surface area (Å²) in [5, 5.41) is 3.44. The van der Waals surface area contributed by atoms with E-state index in [2.05, 4.69) is 45.4 Å². The predicted molar refractivity (Wildman–Crippen MR) is 97.5 cm³/mol. The van der Waals surface area contributed by atoms with Gasteiger partial charge in [-0.15, -0.1) is 0 Å². The van der Waals surface area contributed by atoms with Gasteiger partial charge in [0.15, 0.2) is 0 Å². The third kappa shape index (κ3) is 3.12. The van der Waals surface area contributed by atoms with Crippen LogP contribution in [0.25, 0.3) is 0 Å². The van der Waals surface area contributed by atoms with E-state index in [0.717, 1.165) is 51.6 Å². The molecule has 0 spiro atoms. The summed E-state index contributed by atoms with van der Waals surface area (Å²) in [6.45, 7) is 7.45. The number of piperazine rings is 1. The van der Waals surface area contributed by atoms with Gasteiger partial charge in [0.25, 0.3) is 0 Å². The summed E-state index contributed by atoms with van der Waals surface area (Å²) in [7, 11) is 1.71. The molecular weight excluding hydrogens is 298 g/mol. The molecule has 4 rings (SSSR count). The second-order valence-electron chi connectivity index (χ2n) is 6.65. The molecule has 0 atom stereocenters. The molecule has 1 N–H and O–H groups in total. The molecule has 0 saturated carbocycles. The highest BCUT2D eigenvalue weighted by Gasteiger charge is 2.24. The summed E-state index contributed by atoms with van der Waals surface area (Å²) < 4.78 is 5.25. The van der Waals surface area contributed by atoms with Crippen LogP contribution in [0.4, 0.5) is 5.69 Å². The first-order chi connectivity index (χ1) is 11.8. The second-order valence-corrected chi connectivity index (χ2v) is 6.65. The lowest BCUT2D eigenvalue weighted by molar-refractivity contribution is 0.275. The summed E-state index contributed by atoms with van der Waals surface area (Å²) in [5.74, 6) is 0.921. The van der Waals surface area contributed by atoms with Gasteiger partial charge in [-0.05, 0) is 34.9 Å². The fourth-order valence-corrected chi connectivity index (χ4v) is 3.78. The zero-order valence-corrected chi connectivity index (χ0v) is 14.3. The molecule has 0 unspecified atom stereocenters. The lowest BCUT2D eigenvalue weighted by Crippen LogP contribution is -2.43. The molecule has 2 aromatic carbocycles. The topological polar surface area (TPSA) is 27.7 Å². The van der Waals surface area contributed by atoms with E-state index in [1.165, 1.54) is 22.4 Å². The summed E-state index contributed by atoms with van der Waals surface area (Å²) in [4.78, 5) is 5.06. The van der Waals surface area contributed by atoms with E-state index in [-0.39, 0.29) is 0 Å². The Hall–Kier alpha value is -2.04. The summed E-state index contributed by atoms with van der Waals surface area (Å²) >= 11 is 0. The fraction of sp³-hybridized carbons (Fsp3) is 0.400. The van der Waals surface area contributed by atoms with Gasteiger partial charge in [0.2, 0.25) is 0 Å². The van der Waals surface area contributed by atoms with Crippen molar-refractivity contribution in [3.63, 3.8) is 0 Å². The largest absolute Gasteiger partial charge is 0.497 e. The average Bonchev–Trinajstić information content (AvgIpc) is 3.05. The van der Waals surface area contributed by atoms with Crippen molar-refractivity contribution >= 4 is 5.69 Å². The minimum atomic E-state index is 0.921. The summed E-state index contributed by atoms with van der Waals surface area (Å²) in [6.07, 6.45) is 0. The highest BCUT2D eigenvalue weighted by Crippen LogP contribution is 2.32. The van der Waals surface area contributed by atoms with Gasteiger partial charge in [-0.3, -0.25) is 4.90 Å². The first-order valence-corrected chi connectivity index (χ1v) is 8.75. The third-order valence-electron chi connectivity index (χ3n) is 5.05. The van der Waals surface area contributed by atoms with Gasteiger partial charge in [0.05, 0.1) is 7.11 Å². The normalized spacial score (nSPS) is 17.8. The molecule has 0 amide bonds. The van der Waals surface area contributed by atoms with Crippen LogP contribution in [0.2, 0.25) is 0 Å². The molecule has 4 heteroatoms. The Balaban J connectivity index is 1.48. The molecule has 0 aromatic heterocycles. The number of hydrogen-bond acceptors (Lipinski definition) is 4. The van der Waals surface area contributed by atoms with Crippen LogP contribution < -0.4 is 15.0 Å². The highest BCUT2D eigenvalue weighted by molar-refractivity contribution is 5.58. The van der Waals surface area contributed by atoms with Crippen LogP contribution in [0.15, 0.2) is 42.5 Å². The van der Waals surface area contributed by atoms with Gasteiger partial charge in [0, 0.05) is 51.5 Å². The molecule has 2 aromatic rings. The van der Waals surface area contributed by atoms with Gasteiger partial charge < -0.3 is 15.0 Å². The molecule has 2 heterocycles. The van der Waals surface area contributed by atoms with E-state index in [0.29, 0.717) is 0 Å². The zero-order chi connectivity index (χ0) is 16.4. The number of anilines is 1.